The topological polar surface area (TPSA) is 87.0 Å². The Morgan fingerprint density at radius 1 is 1.23 bits per heavy atom. The average molecular weight is 447 g/mol. The van der Waals surface area contributed by atoms with Crippen LogP contribution in [0.1, 0.15) is 5.56 Å². The van der Waals surface area contributed by atoms with Gasteiger partial charge in [0.05, 0.1) is 21.8 Å². The Bertz CT molecular complexity index is 1330. The molecule has 152 valence electrons. The van der Waals surface area contributed by atoms with Crippen molar-refractivity contribution in [3.05, 3.63) is 83.3 Å². The van der Waals surface area contributed by atoms with Gasteiger partial charge in [-0.1, -0.05) is 18.2 Å². The van der Waals surface area contributed by atoms with Crippen LogP contribution in [-0.2, 0) is 4.79 Å². The number of hydrogen-bond donors (Lipinski definition) is 2. The lowest BCUT2D eigenvalue weighted by Gasteiger charge is -2.14. The van der Waals surface area contributed by atoms with E-state index in [1.165, 1.54) is 23.6 Å². The number of anilines is 3. The molecule has 0 saturated heterocycles. The highest BCUT2D eigenvalue weighted by Gasteiger charge is 2.12. The minimum absolute atomic E-state index is 0.327. The summed E-state index contributed by atoms with van der Waals surface area (Å²) < 4.78 is 5.78. The van der Waals surface area contributed by atoms with Gasteiger partial charge in [0.25, 0.3) is 0 Å². The molecular weight excluding hydrogens is 432 g/mol. The van der Waals surface area contributed by atoms with Crippen LogP contribution in [0.5, 0.6) is 10.8 Å². The molecule has 0 aliphatic heterocycles. The molecular formula is C23H15ClN4O2S. The molecule has 2 heterocycles. The number of pyridine rings is 1. The van der Waals surface area contributed by atoms with Crippen molar-refractivity contribution in [1.29, 1.82) is 5.26 Å². The third-order valence-corrected chi connectivity index (χ3v) is 5.39. The largest absolute Gasteiger partial charge is 0.445 e. The van der Waals surface area contributed by atoms with E-state index in [1.54, 1.807) is 30.3 Å². The van der Waals surface area contributed by atoms with E-state index in [0.717, 1.165) is 5.06 Å². The van der Waals surface area contributed by atoms with Crippen molar-refractivity contribution >= 4 is 56.8 Å². The van der Waals surface area contributed by atoms with Crippen molar-refractivity contribution in [2.24, 2.45) is 0 Å². The number of benzene rings is 2. The number of nitriles is 1. The van der Waals surface area contributed by atoms with Gasteiger partial charge in [0.1, 0.15) is 11.8 Å². The maximum absolute atomic E-state index is 11.7. The van der Waals surface area contributed by atoms with E-state index >= 15 is 0 Å². The third kappa shape index (κ3) is 4.51. The first kappa shape index (κ1) is 20.4. The molecule has 8 heteroatoms. The second-order valence-corrected chi connectivity index (χ2v) is 7.71. The Morgan fingerprint density at radius 3 is 2.77 bits per heavy atom. The van der Waals surface area contributed by atoms with E-state index in [-0.39, 0.29) is 5.91 Å². The highest BCUT2D eigenvalue weighted by molar-refractivity contribution is 7.11. The minimum atomic E-state index is -0.327. The zero-order valence-electron chi connectivity index (χ0n) is 16.1. The van der Waals surface area contributed by atoms with Gasteiger partial charge in [-0.25, -0.2) is 0 Å². The maximum Gasteiger partial charge on any atom is 0.247 e. The summed E-state index contributed by atoms with van der Waals surface area (Å²) in [6.07, 6.45) is 2.69. The molecule has 0 aliphatic carbocycles. The number of carbonyl (C=O) groups excluding carboxylic acids is 1. The van der Waals surface area contributed by atoms with Gasteiger partial charge < -0.3 is 15.4 Å². The first-order chi connectivity index (χ1) is 15.1. The SMILES string of the molecule is C=CC(=O)Nc1ccc2ncc(C#N)c(Nc3ccc(Oc4cccs4)c(Cl)c3)c2c1. The van der Waals surface area contributed by atoms with Crippen molar-refractivity contribution in [1.82, 2.24) is 4.98 Å². The fourth-order valence-electron chi connectivity index (χ4n) is 2.92. The van der Waals surface area contributed by atoms with Gasteiger partial charge in [0, 0.05) is 23.0 Å². The zero-order chi connectivity index (χ0) is 21.8. The van der Waals surface area contributed by atoms with Crippen LogP contribution in [-0.4, -0.2) is 10.9 Å². The van der Waals surface area contributed by atoms with Gasteiger partial charge in [-0.3, -0.25) is 9.78 Å². The lowest BCUT2D eigenvalue weighted by Crippen LogP contribution is -2.07. The van der Waals surface area contributed by atoms with Crippen molar-refractivity contribution in [3.8, 4) is 16.9 Å². The second kappa shape index (κ2) is 8.88. The van der Waals surface area contributed by atoms with Gasteiger partial charge in [0.2, 0.25) is 5.91 Å². The van der Waals surface area contributed by atoms with Crippen LogP contribution < -0.4 is 15.4 Å². The number of hydrogen-bond acceptors (Lipinski definition) is 6. The van der Waals surface area contributed by atoms with Crippen LogP contribution in [0.15, 0.2) is 72.8 Å². The molecule has 0 bridgehead atoms. The van der Waals surface area contributed by atoms with E-state index in [1.807, 2.05) is 23.6 Å². The molecule has 0 radical (unpaired) electrons. The molecule has 0 fully saturated rings. The molecule has 0 unspecified atom stereocenters. The smallest absolute Gasteiger partial charge is 0.247 e. The number of aromatic nitrogens is 1. The van der Waals surface area contributed by atoms with Gasteiger partial charge in [0.15, 0.2) is 5.06 Å². The highest BCUT2D eigenvalue weighted by atomic mass is 35.5. The standard InChI is InChI=1S/C23H15ClN4O2S/c1-2-21(29)27-15-5-7-19-17(10-15)23(14(12-25)13-26-19)28-16-6-8-20(18(24)11-16)30-22-4-3-9-31-22/h2-11,13H,1H2,(H,26,28)(H,27,29). The number of amides is 1. The summed E-state index contributed by atoms with van der Waals surface area (Å²) in [4.78, 5) is 16.0. The normalized spacial score (nSPS) is 10.3. The Hall–Kier alpha value is -3.86. The van der Waals surface area contributed by atoms with E-state index in [0.29, 0.717) is 44.3 Å². The molecule has 2 aromatic carbocycles. The summed E-state index contributed by atoms with van der Waals surface area (Å²) >= 11 is 7.88. The Kier molecular flexibility index (Phi) is 5.85. The van der Waals surface area contributed by atoms with E-state index < -0.39 is 0 Å². The highest BCUT2D eigenvalue weighted by Crippen LogP contribution is 2.36. The number of nitrogens with one attached hydrogen (secondary N) is 2. The van der Waals surface area contributed by atoms with E-state index in [2.05, 4.69) is 28.3 Å². The molecule has 4 aromatic rings. The number of ether oxygens (including phenoxy) is 1. The quantitative estimate of drug-likeness (QED) is 0.331. The number of rotatable bonds is 6. The van der Waals surface area contributed by atoms with Crippen LogP contribution in [0.25, 0.3) is 10.9 Å². The van der Waals surface area contributed by atoms with Crippen LogP contribution in [0.2, 0.25) is 5.02 Å². The summed E-state index contributed by atoms with van der Waals surface area (Å²) in [6.45, 7) is 3.46. The first-order valence-corrected chi connectivity index (χ1v) is 10.4. The molecule has 0 saturated carbocycles. The van der Waals surface area contributed by atoms with Crippen LogP contribution in [0, 0.1) is 11.3 Å². The molecule has 0 spiro atoms. The molecule has 0 aliphatic rings. The van der Waals surface area contributed by atoms with Crippen LogP contribution in [0.3, 0.4) is 0 Å². The summed E-state index contributed by atoms with van der Waals surface area (Å²) in [5.74, 6) is 0.204. The number of nitrogens with zero attached hydrogens (tertiary/aromatic N) is 2. The molecule has 31 heavy (non-hydrogen) atoms. The van der Waals surface area contributed by atoms with Crippen LogP contribution in [0.4, 0.5) is 17.1 Å². The van der Waals surface area contributed by atoms with Gasteiger partial charge in [-0.15, -0.1) is 11.3 Å². The Labute approximate surface area is 187 Å². The maximum atomic E-state index is 11.7. The number of carbonyl (C=O) groups is 1. The zero-order valence-corrected chi connectivity index (χ0v) is 17.6. The first-order valence-electron chi connectivity index (χ1n) is 9.11. The van der Waals surface area contributed by atoms with E-state index in [4.69, 9.17) is 16.3 Å². The fourth-order valence-corrected chi connectivity index (χ4v) is 3.72. The van der Waals surface area contributed by atoms with Crippen molar-refractivity contribution < 1.29 is 9.53 Å². The summed E-state index contributed by atoms with van der Waals surface area (Å²) in [5.41, 5.74) is 2.82. The monoisotopic (exact) mass is 446 g/mol. The van der Waals surface area contributed by atoms with Crippen molar-refractivity contribution in [2.75, 3.05) is 10.6 Å². The molecule has 2 N–H and O–H groups in total. The lowest BCUT2D eigenvalue weighted by atomic mass is 10.1. The molecule has 2 aromatic heterocycles. The van der Waals surface area contributed by atoms with Gasteiger partial charge >= 0.3 is 0 Å². The lowest BCUT2D eigenvalue weighted by molar-refractivity contribution is -0.111. The third-order valence-electron chi connectivity index (χ3n) is 4.35. The Balaban J connectivity index is 1.70. The fraction of sp³-hybridized carbons (Fsp3) is 0. The predicted molar refractivity (Wildman–Crippen MR) is 124 cm³/mol. The number of halogens is 1. The van der Waals surface area contributed by atoms with Crippen molar-refractivity contribution in [2.45, 2.75) is 0 Å². The van der Waals surface area contributed by atoms with Crippen molar-refractivity contribution in [3.63, 3.8) is 0 Å². The summed E-state index contributed by atoms with van der Waals surface area (Å²) in [6, 6.07) is 16.5. The number of fused-ring (bicyclic) bond motifs is 1. The van der Waals surface area contributed by atoms with Gasteiger partial charge in [-0.05, 0) is 60.0 Å². The average Bonchev–Trinajstić information content (AvgIpc) is 3.29. The van der Waals surface area contributed by atoms with Gasteiger partial charge in [-0.2, -0.15) is 5.26 Å². The second-order valence-electron chi connectivity index (χ2n) is 6.39. The molecule has 6 nitrogen and oxygen atoms in total. The molecule has 0 atom stereocenters. The Morgan fingerprint density at radius 2 is 2.06 bits per heavy atom. The summed E-state index contributed by atoms with van der Waals surface area (Å²) in [5, 5.41) is 19.3. The molecule has 1 amide bonds. The van der Waals surface area contributed by atoms with E-state index in [9.17, 15) is 10.1 Å². The predicted octanol–water partition coefficient (Wildman–Crippen LogP) is 6.48. The number of thiophene rings is 1. The minimum Gasteiger partial charge on any atom is -0.445 e. The summed E-state index contributed by atoms with van der Waals surface area (Å²) in [7, 11) is 0. The molecule has 4 rings (SSSR count). The van der Waals surface area contributed by atoms with Crippen LogP contribution >= 0.6 is 22.9 Å².